The van der Waals surface area contributed by atoms with Gasteiger partial charge in [-0.05, 0) is 25.7 Å². The summed E-state index contributed by atoms with van der Waals surface area (Å²) in [5, 5.41) is 12.4. The summed E-state index contributed by atoms with van der Waals surface area (Å²) in [6.07, 6.45) is 2.11. The lowest BCUT2D eigenvalue weighted by Gasteiger charge is -2.29. The fourth-order valence-corrected chi connectivity index (χ4v) is 3.83. The zero-order chi connectivity index (χ0) is 18.9. The third-order valence-electron chi connectivity index (χ3n) is 4.65. The molecule has 4 atom stereocenters. The van der Waals surface area contributed by atoms with Crippen LogP contribution in [0.25, 0.3) is 0 Å². The molecule has 0 aromatic heterocycles. The molecule has 0 saturated carbocycles. The first-order valence-corrected chi connectivity index (χ1v) is 9.49. The third kappa shape index (κ3) is 4.05. The van der Waals surface area contributed by atoms with E-state index in [0.717, 1.165) is 6.42 Å². The number of rotatable bonds is 6. The molecular weight excluding hydrogens is 370 g/mol. The summed E-state index contributed by atoms with van der Waals surface area (Å²) in [5.41, 5.74) is 2.30. The quantitative estimate of drug-likeness (QED) is 0.369. The molecule has 3 rings (SSSR count). The van der Waals surface area contributed by atoms with Gasteiger partial charge in [-0.3, -0.25) is 19.5 Å². The van der Waals surface area contributed by atoms with E-state index in [-0.39, 0.29) is 25.2 Å². The van der Waals surface area contributed by atoms with Crippen LogP contribution in [0.2, 0.25) is 0 Å². The Kier molecular flexibility index (Phi) is 5.30. The molecule has 144 valence electrons. The molecule has 3 aliphatic rings. The number of carbonyl (C=O) groups is 2. The van der Waals surface area contributed by atoms with E-state index >= 15 is 0 Å². The van der Waals surface area contributed by atoms with E-state index in [1.165, 1.54) is 4.90 Å². The SMILES string of the molecule is N#CC1CCC(CONC(=O)[C@@H]2CC[C@@H]3CN2C(=O)N3OS(=O)(=O)O)N1. The minimum atomic E-state index is -4.82. The molecule has 3 amide bonds. The van der Waals surface area contributed by atoms with Crippen molar-refractivity contribution < 1.29 is 31.7 Å². The number of nitrogens with one attached hydrogen (secondary N) is 2. The number of hydroxylamine groups is 3. The van der Waals surface area contributed by atoms with E-state index in [2.05, 4.69) is 21.1 Å². The van der Waals surface area contributed by atoms with Crippen LogP contribution in [0.3, 0.4) is 0 Å². The molecular formula is C13H19N5O7S. The predicted molar refractivity (Wildman–Crippen MR) is 83.0 cm³/mol. The molecule has 2 unspecified atom stereocenters. The van der Waals surface area contributed by atoms with E-state index in [9.17, 15) is 18.0 Å². The lowest BCUT2D eigenvalue weighted by atomic mass is 10.0. The normalized spacial score (nSPS) is 31.2. The molecule has 2 bridgehead atoms. The van der Waals surface area contributed by atoms with Crippen LogP contribution in [-0.4, -0.2) is 72.2 Å². The van der Waals surface area contributed by atoms with Crippen LogP contribution in [-0.2, 0) is 24.3 Å². The molecule has 3 aliphatic heterocycles. The van der Waals surface area contributed by atoms with Crippen molar-refractivity contribution in [2.45, 2.75) is 49.9 Å². The Bertz CT molecular complexity index is 723. The van der Waals surface area contributed by atoms with Crippen molar-refractivity contribution in [3.63, 3.8) is 0 Å². The number of hydrogen-bond acceptors (Lipinski definition) is 8. The van der Waals surface area contributed by atoms with Gasteiger partial charge in [0.2, 0.25) is 0 Å². The van der Waals surface area contributed by atoms with Crippen molar-refractivity contribution in [2.75, 3.05) is 13.2 Å². The van der Waals surface area contributed by atoms with Crippen molar-refractivity contribution in [2.24, 2.45) is 0 Å². The molecule has 0 radical (unpaired) electrons. The fourth-order valence-electron chi connectivity index (χ4n) is 3.44. The summed E-state index contributed by atoms with van der Waals surface area (Å²) in [5.74, 6) is -0.527. The number of hydrogen-bond donors (Lipinski definition) is 3. The van der Waals surface area contributed by atoms with Gasteiger partial charge in [0.05, 0.1) is 24.8 Å². The Morgan fingerprint density at radius 3 is 2.81 bits per heavy atom. The first-order chi connectivity index (χ1) is 12.3. The molecule has 3 N–H and O–H groups in total. The molecule has 0 aliphatic carbocycles. The summed E-state index contributed by atoms with van der Waals surface area (Å²) >= 11 is 0. The minimum absolute atomic E-state index is 0.0391. The maximum absolute atomic E-state index is 12.3. The summed E-state index contributed by atoms with van der Waals surface area (Å²) in [6, 6.07) is -0.327. The number of carbonyl (C=O) groups excluding carboxylic acids is 2. The Balaban J connectivity index is 1.50. The lowest BCUT2D eigenvalue weighted by molar-refractivity contribution is -0.139. The topological polar surface area (TPSA) is 161 Å². The van der Waals surface area contributed by atoms with Gasteiger partial charge in [0.15, 0.2) is 0 Å². The molecule has 0 spiro atoms. The van der Waals surface area contributed by atoms with Gasteiger partial charge < -0.3 is 4.90 Å². The molecule has 0 aromatic rings. The lowest BCUT2D eigenvalue weighted by Crippen LogP contribution is -2.50. The summed E-state index contributed by atoms with van der Waals surface area (Å²) in [6.45, 7) is 0.297. The van der Waals surface area contributed by atoms with Crippen LogP contribution in [0.4, 0.5) is 4.79 Å². The Hall–Kier alpha value is -1.98. The average molecular weight is 389 g/mol. The summed E-state index contributed by atoms with van der Waals surface area (Å²) < 4.78 is 34.7. The van der Waals surface area contributed by atoms with Gasteiger partial charge in [0, 0.05) is 12.6 Å². The number of fused-ring (bicyclic) bond motifs is 2. The number of nitrogens with zero attached hydrogens (tertiary/aromatic N) is 3. The number of urea groups is 1. The largest absolute Gasteiger partial charge is 0.418 e. The van der Waals surface area contributed by atoms with Gasteiger partial charge in [0.1, 0.15) is 6.04 Å². The summed E-state index contributed by atoms with van der Waals surface area (Å²) in [4.78, 5) is 30.9. The van der Waals surface area contributed by atoms with Gasteiger partial charge in [-0.25, -0.2) is 10.3 Å². The van der Waals surface area contributed by atoms with Crippen LogP contribution in [0.15, 0.2) is 0 Å². The highest BCUT2D eigenvalue weighted by Crippen LogP contribution is 2.30. The van der Waals surface area contributed by atoms with Crippen LogP contribution < -0.4 is 10.8 Å². The smallest absolute Gasteiger partial charge is 0.309 e. The second-order valence-corrected chi connectivity index (χ2v) is 7.41. The molecule has 3 saturated heterocycles. The van der Waals surface area contributed by atoms with E-state index in [1.54, 1.807) is 0 Å². The first kappa shape index (κ1) is 18.8. The van der Waals surface area contributed by atoms with Crippen LogP contribution in [0, 0.1) is 11.3 Å². The van der Waals surface area contributed by atoms with Crippen molar-refractivity contribution in [3.05, 3.63) is 0 Å². The fraction of sp³-hybridized carbons (Fsp3) is 0.769. The highest BCUT2D eigenvalue weighted by molar-refractivity contribution is 7.80. The zero-order valence-corrected chi connectivity index (χ0v) is 14.5. The first-order valence-electron chi connectivity index (χ1n) is 8.12. The van der Waals surface area contributed by atoms with Crippen molar-refractivity contribution in [1.82, 2.24) is 20.8 Å². The standard InChI is InChI=1S/C13H19N5O7S/c14-5-8-1-2-9(15-8)7-24-16-12(19)11-4-3-10-6-17(11)13(20)18(10)25-26(21,22)23/h8-11,15H,1-4,6-7H2,(H,16,19)(H,21,22,23)/t8?,9?,10-,11+/m1/s1. The van der Waals surface area contributed by atoms with Crippen LogP contribution in [0.5, 0.6) is 0 Å². The van der Waals surface area contributed by atoms with Gasteiger partial charge >= 0.3 is 16.4 Å². The van der Waals surface area contributed by atoms with Crippen LogP contribution in [0.1, 0.15) is 25.7 Å². The maximum Gasteiger partial charge on any atom is 0.418 e. The molecule has 0 aromatic carbocycles. The van der Waals surface area contributed by atoms with E-state index in [1.807, 2.05) is 0 Å². The molecule has 3 heterocycles. The van der Waals surface area contributed by atoms with E-state index in [4.69, 9.17) is 14.7 Å². The molecule has 12 nitrogen and oxygen atoms in total. The monoisotopic (exact) mass is 389 g/mol. The molecule has 26 heavy (non-hydrogen) atoms. The Morgan fingerprint density at radius 1 is 1.38 bits per heavy atom. The predicted octanol–water partition coefficient (Wildman–Crippen LogP) is -1.32. The van der Waals surface area contributed by atoms with Gasteiger partial charge in [-0.2, -0.15) is 18.7 Å². The number of nitriles is 1. The number of amides is 3. The van der Waals surface area contributed by atoms with Gasteiger partial charge in [0.25, 0.3) is 5.91 Å². The number of piperidine rings is 1. The Morgan fingerprint density at radius 2 is 2.15 bits per heavy atom. The highest BCUT2D eigenvalue weighted by Gasteiger charge is 2.49. The van der Waals surface area contributed by atoms with Gasteiger partial charge in [-0.1, -0.05) is 0 Å². The second kappa shape index (κ2) is 7.33. The molecule has 3 fully saturated rings. The summed E-state index contributed by atoms with van der Waals surface area (Å²) in [7, 11) is -4.82. The van der Waals surface area contributed by atoms with Crippen LogP contribution >= 0.6 is 0 Å². The maximum atomic E-state index is 12.3. The zero-order valence-electron chi connectivity index (χ0n) is 13.7. The van der Waals surface area contributed by atoms with E-state index < -0.39 is 34.4 Å². The second-order valence-electron chi connectivity index (χ2n) is 6.41. The van der Waals surface area contributed by atoms with Crippen molar-refractivity contribution >= 4 is 22.3 Å². The molecule has 13 heteroatoms. The highest BCUT2D eigenvalue weighted by atomic mass is 32.3. The van der Waals surface area contributed by atoms with E-state index in [0.29, 0.717) is 24.3 Å². The Labute approximate surface area is 149 Å². The minimum Gasteiger partial charge on any atom is -0.309 e. The van der Waals surface area contributed by atoms with Crippen molar-refractivity contribution in [3.8, 4) is 6.07 Å². The average Bonchev–Trinajstić information content (AvgIpc) is 3.13. The third-order valence-corrected chi connectivity index (χ3v) is 5.00. The van der Waals surface area contributed by atoms with Gasteiger partial charge in [-0.15, -0.1) is 4.28 Å². The van der Waals surface area contributed by atoms with Crippen molar-refractivity contribution in [1.29, 1.82) is 5.26 Å².